The number of phosphoric ester groups is 1. The first-order chi connectivity index (χ1) is 35.0. The van der Waals surface area contributed by atoms with E-state index in [0.717, 1.165) is 44.9 Å². The number of nitrogens with zero attached hydrogens (tertiary/aromatic N) is 1. The Morgan fingerprint density at radius 2 is 0.792 bits per heavy atom. The number of likely N-dealkylation sites (N-methyl/N-ethyl adjacent to an activating group) is 1. The van der Waals surface area contributed by atoms with Crippen molar-refractivity contribution < 1.29 is 32.9 Å². The van der Waals surface area contributed by atoms with Crippen LogP contribution in [0.4, 0.5) is 0 Å². The molecule has 0 saturated carbocycles. The molecule has 426 valence electrons. The van der Waals surface area contributed by atoms with Gasteiger partial charge in [-0.25, -0.2) is 4.57 Å². The number of aliphatic hydroxyl groups excluding tert-OH is 1. The summed E-state index contributed by atoms with van der Waals surface area (Å²) in [6.07, 6.45) is 71.2. The third-order valence-corrected chi connectivity index (χ3v) is 15.3. The summed E-state index contributed by atoms with van der Waals surface area (Å²) >= 11 is 0. The topological polar surface area (TPSA) is 105 Å². The molecule has 0 aromatic rings. The van der Waals surface area contributed by atoms with Crippen molar-refractivity contribution in [2.75, 3.05) is 40.9 Å². The van der Waals surface area contributed by atoms with E-state index in [-0.39, 0.29) is 19.1 Å². The van der Waals surface area contributed by atoms with E-state index in [4.69, 9.17) is 9.05 Å². The van der Waals surface area contributed by atoms with Gasteiger partial charge in [0.2, 0.25) is 5.91 Å². The fourth-order valence-electron chi connectivity index (χ4n) is 9.43. The van der Waals surface area contributed by atoms with E-state index in [1.54, 1.807) is 6.08 Å². The van der Waals surface area contributed by atoms with E-state index in [0.29, 0.717) is 17.4 Å². The standard InChI is InChI=1S/C63H123N2O6P/c1-6-8-10-12-14-16-18-20-22-24-26-28-29-30-31-32-33-34-35-37-38-40-42-44-46-48-50-52-54-56-62(66)61(60-71-72(68,69)70-59-58-65(3,4)5)64-63(67)57-55-53-51-49-47-45-43-41-39-36-27-25-23-21-19-17-15-13-11-9-7-2/h19,21,25,27,54,56,61-62,66H,6-18,20,22-24,26,28-53,55,57-60H2,1-5H3,(H-,64,67,68,69)/p+1/b21-19-,27-25-,56-54+. The molecule has 3 atom stereocenters. The van der Waals surface area contributed by atoms with Gasteiger partial charge in [0.1, 0.15) is 13.2 Å². The number of quaternary nitrogens is 1. The Hall–Kier alpha value is -1.28. The maximum absolute atomic E-state index is 13.0. The zero-order valence-electron chi connectivity index (χ0n) is 48.7. The van der Waals surface area contributed by atoms with Gasteiger partial charge >= 0.3 is 7.82 Å². The molecule has 0 bridgehead atoms. The highest BCUT2D eigenvalue weighted by Crippen LogP contribution is 2.43. The monoisotopic (exact) mass is 1040 g/mol. The van der Waals surface area contributed by atoms with Crippen LogP contribution in [0.5, 0.6) is 0 Å². The van der Waals surface area contributed by atoms with Crippen LogP contribution in [0.25, 0.3) is 0 Å². The molecule has 0 fully saturated rings. The van der Waals surface area contributed by atoms with Crippen LogP contribution < -0.4 is 5.32 Å². The summed E-state index contributed by atoms with van der Waals surface area (Å²) in [6.45, 7) is 4.84. The van der Waals surface area contributed by atoms with Crippen LogP contribution in [0.3, 0.4) is 0 Å². The predicted octanol–water partition coefficient (Wildman–Crippen LogP) is 19.3. The third-order valence-electron chi connectivity index (χ3n) is 14.4. The van der Waals surface area contributed by atoms with Crippen LogP contribution in [0, 0.1) is 0 Å². The summed E-state index contributed by atoms with van der Waals surface area (Å²) in [5.41, 5.74) is 0. The molecule has 0 aliphatic heterocycles. The number of unbranched alkanes of at least 4 members (excludes halogenated alkanes) is 41. The highest BCUT2D eigenvalue weighted by molar-refractivity contribution is 7.47. The Bertz CT molecular complexity index is 1270. The van der Waals surface area contributed by atoms with Gasteiger partial charge in [0.05, 0.1) is 39.9 Å². The lowest BCUT2D eigenvalue weighted by molar-refractivity contribution is -0.870. The van der Waals surface area contributed by atoms with Gasteiger partial charge in [-0.05, 0) is 51.4 Å². The van der Waals surface area contributed by atoms with E-state index < -0.39 is 20.0 Å². The van der Waals surface area contributed by atoms with Gasteiger partial charge in [-0.1, -0.05) is 288 Å². The van der Waals surface area contributed by atoms with Crippen LogP contribution in [-0.4, -0.2) is 73.4 Å². The molecule has 0 radical (unpaired) electrons. The normalized spacial score (nSPS) is 14.0. The first kappa shape index (κ1) is 70.7. The number of carbonyl (C=O) groups excluding carboxylic acids is 1. The molecule has 0 saturated heterocycles. The molecule has 3 unspecified atom stereocenters. The van der Waals surface area contributed by atoms with Crippen LogP contribution in [0.15, 0.2) is 36.5 Å². The number of nitrogens with one attached hydrogen (secondary N) is 1. The van der Waals surface area contributed by atoms with Gasteiger partial charge in [0.15, 0.2) is 0 Å². The number of amides is 1. The van der Waals surface area contributed by atoms with E-state index in [9.17, 15) is 19.4 Å². The molecule has 9 heteroatoms. The molecule has 3 N–H and O–H groups in total. The quantitative estimate of drug-likeness (QED) is 0.0243. The molecule has 8 nitrogen and oxygen atoms in total. The van der Waals surface area contributed by atoms with Gasteiger partial charge in [-0.3, -0.25) is 13.8 Å². The van der Waals surface area contributed by atoms with Crippen LogP contribution in [0.1, 0.15) is 309 Å². The van der Waals surface area contributed by atoms with Crippen LogP contribution in [0.2, 0.25) is 0 Å². The molecule has 0 aliphatic carbocycles. The van der Waals surface area contributed by atoms with Crippen molar-refractivity contribution in [3.63, 3.8) is 0 Å². The molecule has 0 aromatic carbocycles. The largest absolute Gasteiger partial charge is 0.472 e. The SMILES string of the molecule is CCCCCCC/C=C\C/C=C\CCCCCCCCCCCC(=O)NC(COP(=O)(O)OCC[N+](C)(C)C)C(O)/C=C/CCCCCCCCCCCCCCCCCCCCCCCCCCCCC. The average Bonchev–Trinajstić information content (AvgIpc) is 3.34. The number of rotatable bonds is 58. The zero-order chi connectivity index (χ0) is 52.7. The van der Waals surface area contributed by atoms with Gasteiger partial charge in [0, 0.05) is 6.42 Å². The van der Waals surface area contributed by atoms with E-state index in [1.165, 1.54) is 244 Å². The van der Waals surface area contributed by atoms with Crippen molar-refractivity contribution in [2.24, 2.45) is 0 Å². The maximum atomic E-state index is 13.0. The minimum atomic E-state index is -4.35. The van der Waals surface area contributed by atoms with Crippen molar-refractivity contribution in [3.8, 4) is 0 Å². The highest BCUT2D eigenvalue weighted by Gasteiger charge is 2.27. The molecule has 1 amide bonds. The van der Waals surface area contributed by atoms with Crippen LogP contribution in [-0.2, 0) is 18.4 Å². The Labute approximate surface area is 448 Å². The summed E-state index contributed by atoms with van der Waals surface area (Å²) in [6, 6.07) is -0.850. The summed E-state index contributed by atoms with van der Waals surface area (Å²) in [5, 5.41) is 14.0. The van der Waals surface area contributed by atoms with Crippen molar-refractivity contribution in [2.45, 2.75) is 321 Å². The van der Waals surface area contributed by atoms with E-state index in [2.05, 4.69) is 43.5 Å². The van der Waals surface area contributed by atoms with Gasteiger partial charge in [0.25, 0.3) is 0 Å². The van der Waals surface area contributed by atoms with Crippen molar-refractivity contribution >= 4 is 13.7 Å². The van der Waals surface area contributed by atoms with E-state index >= 15 is 0 Å². The fourth-order valence-corrected chi connectivity index (χ4v) is 10.2. The van der Waals surface area contributed by atoms with Gasteiger partial charge in [-0.2, -0.15) is 0 Å². The number of phosphoric acid groups is 1. The lowest BCUT2D eigenvalue weighted by Gasteiger charge is -2.25. The van der Waals surface area contributed by atoms with Crippen molar-refractivity contribution in [3.05, 3.63) is 36.5 Å². The molecular weight excluding hydrogens is 912 g/mol. The molecule has 0 spiro atoms. The van der Waals surface area contributed by atoms with Gasteiger partial charge < -0.3 is 19.8 Å². The Morgan fingerprint density at radius 3 is 1.14 bits per heavy atom. The fraction of sp³-hybridized carbons (Fsp3) is 0.889. The van der Waals surface area contributed by atoms with Crippen LogP contribution >= 0.6 is 7.82 Å². The minimum absolute atomic E-state index is 0.0612. The number of hydrogen-bond acceptors (Lipinski definition) is 5. The Kier molecular flexibility index (Phi) is 53.5. The first-order valence-corrected chi connectivity index (χ1v) is 32.9. The second kappa shape index (κ2) is 54.5. The zero-order valence-corrected chi connectivity index (χ0v) is 49.6. The lowest BCUT2D eigenvalue weighted by Crippen LogP contribution is -2.45. The van der Waals surface area contributed by atoms with E-state index in [1.807, 2.05) is 27.2 Å². The Balaban J connectivity index is 4.13. The minimum Gasteiger partial charge on any atom is -0.387 e. The maximum Gasteiger partial charge on any atom is 0.472 e. The highest BCUT2D eigenvalue weighted by atomic mass is 31.2. The summed E-state index contributed by atoms with van der Waals surface area (Å²) < 4.78 is 23.8. The number of allylic oxidation sites excluding steroid dienone is 5. The molecule has 0 aromatic heterocycles. The van der Waals surface area contributed by atoms with Gasteiger partial charge in [-0.15, -0.1) is 0 Å². The van der Waals surface area contributed by atoms with Crippen molar-refractivity contribution in [1.82, 2.24) is 5.32 Å². The Morgan fingerprint density at radius 1 is 0.472 bits per heavy atom. The average molecular weight is 1040 g/mol. The molecule has 72 heavy (non-hydrogen) atoms. The second-order valence-electron chi connectivity index (χ2n) is 22.8. The third kappa shape index (κ3) is 56.4. The smallest absolute Gasteiger partial charge is 0.387 e. The number of aliphatic hydroxyl groups is 1. The molecular formula is C63H124N2O6P+. The number of hydrogen-bond donors (Lipinski definition) is 3. The molecule has 0 heterocycles. The summed E-state index contributed by atoms with van der Waals surface area (Å²) in [5.74, 6) is -0.178. The first-order valence-electron chi connectivity index (χ1n) is 31.4. The predicted molar refractivity (Wildman–Crippen MR) is 314 cm³/mol. The number of carbonyl (C=O) groups is 1. The van der Waals surface area contributed by atoms with Crippen molar-refractivity contribution in [1.29, 1.82) is 0 Å². The molecule has 0 rings (SSSR count). The summed E-state index contributed by atoms with van der Waals surface area (Å²) in [4.78, 5) is 23.3. The summed E-state index contributed by atoms with van der Waals surface area (Å²) in [7, 11) is 1.58. The molecule has 0 aliphatic rings. The second-order valence-corrected chi connectivity index (χ2v) is 24.2. The lowest BCUT2D eigenvalue weighted by atomic mass is 10.0.